The third-order valence-electron chi connectivity index (χ3n) is 5.15. The Labute approximate surface area is 235 Å². The Morgan fingerprint density at radius 3 is 2.57 bits per heavy atom. The highest BCUT2D eigenvalue weighted by Gasteiger charge is 2.36. The lowest BCUT2D eigenvalue weighted by atomic mass is 10.1. The quantitative estimate of drug-likeness (QED) is 0.290. The highest BCUT2D eigenvalue weighted by molar-refractivity contribution is 9.10. The van der Waals surface area contributed by atoms with Crippen LogP contribution in [0.5, 0.6) is 5.75 Å². The zero-order valence-corrected chi connectivity index (χ0v) is 22.7. The van der Waals surface area contributed by atoms with Crippen molar-refractivity contribution in [3.63, 3.8) is 0 Å². The molecule has 4 rings (SSSR count). The van der Waals surface area contributed by atoms with Gasteiger partial charge < -0.3 is 10.1 Å². The number of benzene rings is 3. The summed E-state index contributed by atoms with van der Waals surface area (Å²) in [5.41, 5.74) is 2.15. The van der Waals surface area contributed by atoms with Crippen LogP contribution < -0.4 is 10.1 Å². The normalized spacial score (nSPS) is 14.1. The van der Waals surface area contributed by atoms with E-state index in [0.29, 0.717) is 37.6 Å². The number of nitrogens with zero attached hydrogens (tertiary/aromatic N) is 2. The van der Waals surface area contributed by atoms with Gasteiger partial charge >= 0.3 is 0 Å². The molecule has 1 aliphatic rings. The molecule has 7 nitrogen and oxygen atoms in total. The van der Waals surface area contributed by atoms with Crippen LogP contribution in [0.1, 0.15) is 16.7 Å². The number of rotatable bonds is 7. The smallest absolute Gasteiger partial charge is 0.294 e. The Morgan fingerprint density at radius 1 is 1.11 bits per heavy atom. The Bertz CT molecular complexity index is 1470. The van der Waals surface area contributed by atoms with Crippen LogP contribution in [0.25, 0.3) is 6.08 Å². The zero-order chi connectivity index (χ0) is 26.5. The summed E-state index contributed by atoms with van der Waals surface area (Å²) in [5.74, 6) is -0.775. The molecule has 0 aromatic heterocycles. The monoisotopic (exact) mass is 615 g/mol. The van der Waals surface area contributed by atoms with E-state index in [0.717, 1.165) is 16.7 Å². The van der Waals surface area contributed by atoms with Crippen molar-refractivity contribution in [2.75, 3.05) is 11.9 Å². The lowest BCUT2D eigenvalue weighted by molar-refractivity contribution is -0.127. The van der Waals surface area contributed by atoms with Crippen LogP contribution in [0.2, 0.25) is 10.0 Å². The summed E-state index contributed by atoms with van der Waals surface area (Å²) < 4.78 is 6.37. The second kappa shape index (κ2) is 11.8. The van der Waals surface area contributed by atoms with Gasteiger partial charge in [-0.05, 0) is 69.7 Å². The summed E-state index contributed by atoms with van der Waals surface area (Å²) in [6, 6.07) is 19.1. The van der Waals surface area contributed by atoms with Crippen molar-refractivity contribution in [3.8, 4) is 11.8 Å². The first-order valence-corrected chi connectivity index (χ1v) is 13.0. The second-order valence-electron chi connectivity index (χ2n) is 7.67. The fourth-order valence-corrected chi connectivity index (χ4v) is 5.40. The maximum absolute atomic E-state index is 12.8. The number of carbonyl (C=O) groups excluding carboxylic acids is 3. The van der Waals surface area contributed by atoms with Crippen LogP contribution in [-0.2, 0) is 16.2 Å². The molecule has 0 spiro atoms. The van der Waals surface area contributed by atoms with Gasteiger partial charge in [0.25, 0.3) is 11.1 Å². The third kappa shape index (κ3) is 6.35. The number of hydrogen-bond donors (Lipinski definition) is 1. The van der Waals surface area contributed by atoms with Gasteiger partial charge in [0.05, 0.1) is 36.7 Å². The molecule has 3 aromatic carbocycles. The molecule has 186 valence electrons. The van der Waals surface area contributed by atoms with Crippen molar-refractivity contribution in [3.05, 3.63) is 96.8 Å². The minimum atomic E-state index is -0.593. The van der Waals surface area contributed by atoms with Gasteiger partial charge in [-0.15, -0.1) is 0 Å². The molecule has 0 radical (unpaired) electrons. The minimum absolute atomic E-state index is 0.135. The molecule has 11 heteroatoms. The van der Waals surface area contributed by atoms with Gasteiger partial charge in [0.15, 0.2) is 5.75 Å². The number of para-hydroxylation sites is 1. The third-order valence-corrected chi connectivity index (χ3v) is 7.26. The molecule has 1 heterocycles. The molecule has 0 saturated carbocycles. The molecule has 3 amide bonds. The summed E-state index contributed by atoms with van der Waals surface area (Å²) in [4.78, 5) is 38.7. The van der Waals surface area contributed by atoms with Gasteiger partial charge in [0, 0.05) is 5.56 Å². The number of nitriles is 1. The van der Waals surface area contributed by atoms with Crippen molar-refractivity contribution in [1.82, 2.24) is 4.90 Å². The Kier molecular flexibility index (Phi) is 8.56. The number of nitrogens with one attached hydrogen (secondary N) is 1. The number of halogens is 3. The molecule has 0 bridgehead atoms. The molecule has 1 N–H and O–H groups in total. The van der Waals surface area contributed by atoms with E-state index in [1.165, 1.54) is 6.08 Å². The topological polar surface area (TPSA) is 99.5 Å². The van der Waals surface area contributed by atoms with Crippen LogP contribution in [0.4, 0.5) is 10.5 Å². The molecule has 1 saturated heterocycles. The number of hydrogen-bond acceptors (Lipinski definition) is 6. The summed E-state index contributed by atoms with van der Waals surface area (Å²) in [5, 5.41) is 11.9. The van der Waals surface area contributed by atoms with E-state index in [2.05, 4.69) is 27.3 Å². The van der Waals surface area contributed by atoms with Crippen LogP contribution in [0.3, 0.4) is 0 Å². The van der Waals surface area contributed by atoms with Gasteiger partial charge in [-0.1, -0.05) is 53.5 Å². The number of thioether (sulfide) groups is 1. The van der Waals surface area contributed by atoms with E-state index >= 15 is 0 Å². The van der Waals surface area contributed by atoms with Gasteiger partial charge in [0.2, 0.25) is 5.91 Å². The fraction of sp³-hybridized carbons (Fsp3) is 0.0769. The predicted octanol–water partition coefficient (Wildman–Crippen LogP) is 6.88. The summed E-state index contributed by atoms with van der Waals surface area (Å²) in [6.07, 6.45) is 1.52. The molecular formula is C26H16BrCl2N3O4S. The van der Waals surface area contributed by atoms with Crippen molar-refractivity contribution < 1.29 is 19.1 Å². The molecule has 1 aliphatic heterocycles. The van der Waals surface area contributed by atoms with Gasteiger partial charge in [-0.25, -0.2) is 0 Å². The van der Waals surface area contributed by atoms with Gasteiger partial charge in [0.1, 0.15) is 13.2 Å². The van der Waals surface area contributed by atoms with E-state index in [-0.39, 0.29) is 16.5 Å². The van der Waals surface area contributed by atoms with E-state index in [1.807, 2.05) is 6.07 Å². The van der Waals surface area contributed by atoms with E-state index in [9.17, 15) is 19.6 Å². The number of imide groups is 1. The van der Waals surface area contributed by atoms with Gasteiger partial charge in [-0.2, -0.15) is 5.26 Å². The number of amides is 3. The standard InChI is InChI=1S/C26H16BrCl2N3O4S/c27-18-9-15(10-20(29)24(18)36-14-17-6-2-1-5-16(17)12-30)11-22-25(34)32(26(35)37-22)13-23(33)31-21-8-4-3-7-19(21)28/h1-11H,13-14H2,(H,31,33)/b22-11+. The minimum Gasteiger partial charge on any atom is -0.486 e. The maximum atomic E-state index is 12.8. The maximum Gasteiger partial charge on any atom is 0.294 e. The Hall–Kier alpha value is -3.29. The van der Waals surface area contributed by atoms with E-state index < -0.39 is 23.6 Å². The Morgan fingerprint density at radius 2 is 1.84 bits per heavy atom. The fourth-order valence-electron chi connectivity index (χ4n) is 3.39. The molecule has 1 fully saturated rings. The molecule has 0 atom stereocenters. The number of carbonyl (C=O) groups is 3. The number of ether oxygens (including phenoxy) is 1. The highest BCUT2D eigenvalue weighted by atomic mass is 79.9. The van der Waals surface area contributed by atoms with Gasteiger partial charge in [-0.3, -0.25) is 19.3 Å². The largest absolute Gasteiger partial charge is 0.486 e. The summed E-state index contributed by atoms with van der Waals surface area (Å²) in [7, 11) is 0. The van der Waals surface area contributed by atoms with Crippen LogP contribution in [0.15, 0.2) is 70.0 Å². The predicted molar refractivity (Wildman–Crippen MR) is 147 cm³/mol. The van der Waals surface area contributed by atoms with E-state index in [1.54, 1.807) is 54.6 Å². The van der Waals surface area contributed by atoms with Crippen molar-refractivity contribution in [1.29, 1.82) is 5.26 Å². The van der Waals surface area contributed by atoms with Crippen LogP contribution in [0, 0.1) is 11.3 Å². The second-order valence-corrected chi connectivity index (χ2v) is 10.3. The first kappa shape index (κ1) is 26.8. The molecule has 3 aromatic rings. The molecule has 0 aliphatic carbocycles. The molecule has 37 heavy (non-hydrogen) atoms. The van der Waals surface area contributed by atoms with Crippen LogP contribution >= 0.6 is 50.9 Å². The zero-order valence-electron chi connectivity index (χ0n) is 18.8. The first-order chi connectivity index (χ1) is 17.8. The molecule has 0 unspecified atom stereocenters. The van der Waals surface area contributed by atoms with Crippen LogP contribution in [-0.4, -0.2) is 28.5 Å². The van der Waals surface area contributed by atoms with E-state index in [4.69, 9.17) is 27.9 Å². The molecular weight excluding hydrogens is 601 g/mol. The Balaban J connectivity index is 1.46. The summed E-state index contributed by atoms with van der Waals surface area (Å²) >= 11 is 16.6. The lowest BCUT2D eigenvalue weighted by Crippen LogP contribution is -2.36. The summed E-state index contributed by atoms with van der Waals surface area (Å²) in [6.45, 7) is -0.314. The van der Waals surface area contributed by atoms with Crippen molar-refractivity contribution in [2.24, 2.45) is 0 Å². The lowest BCUT2D eigenvalue weighted by Gasteiger charge is -2.13. The average Bonchev–Trinajstić information content (AvgIpc) is 3.12. The number of anilines is 1. The highest BCUT2D eigenvalue weighted by Crippen LogP contribution is 2.38. The average molecular weight is 617 g/mol. The first-order valence-electron chi connectivity index (χ1n) is 10.7. The van der Waals surface area contributed by atoms with Crippen molar-refractivity contribution in [2.45, 2.75) is 6.61 Å². The SMILES string of the molecule is N#Cc1ccccc1COc1c(Cl)cc(/C=C2/SC(=O)N(CC(=O)Nc3ccccc3Cl)C2=O)cc1Br. The van der Waals surface area contributed by atoms with Crippen molar-refractivity contribution >= 4 is 79.7 Å².